The summed E-state index contributed by atoms with van der Waals surface area (Å²) < 4.78 is 0. The Bertz CT molecular complexity index is 137. The number of aliphatic hydroxyl groups excluding tert-OH is 1. The zero-order valence-electron chi connectivity index (χ0n) is 10.6. The van der Waals surface area contributed by atoms with Crippen LogP contribution in [0.25, 0.3) is 0 Å². The van der Waals surface area contributed by atoms with Crippen molar-refractivity contribution in [1.82, 2.24) is 0 Å². The number of rotatable bonds is 9. The quantitative estimate of drug-likeness (QED) is 0.621. The molecule has 0 heterocycles. The zero-order chi connectivity index (χ0) is 11.7. The van der Waals surface area contributed by atoms with Gasteiger partial charge in [-0.2, -0.15) is 0 Å². The lowest BCUT2D eigenvalue weighted by Gasteiger charge is -2.30. The molecule has 0 aromatic carbocycles. The smallest absolute Gasteiger partial charge is 0.0672 e. The second-order valence-corrected chi connectivity index (χ2v) is 4.70. The van der Waals surface area contributed by atoms with Gasteiger partial charge < -0.3 is 10.2 Å². The van der Waals surface area contributed by atoms with E-state index in [0.717, 1.165) is 44.9 Å². The molecule has 0 saturated heterocycles. The van der Waals surface area contributed by atoms with Gasteiger partial charge in [0.25, 0.3) is 0 Å². The summed E-state index contributed by atoms with van der Waals surface area (Å²) in [6.45, 7) is 6.23. The van der Waals surface area contributed by atoms with Crippen molar-refractivity contribution in [1.29, 1.82) is 0 Å². The molecule has 0 saturated carbocycles. The first-order chi connectivity index (χ1) is 7.08. The second-order valence-electron chi connectivity index (χ2n) is 4.70. The van der Waals surface area contributed by atoms with Crippen LogP contribution in [0.15, 0.2) is 0 Å². The van der Waals surface area contributed by atoms with Crippen LogP contribution >= 0.6 is 0 Å². The monoisotopic (exact) mass is 216 g/mol. The Balaban J connectivity index is 4.12. The van der Waals surface area contributed by atoms with E-state index in [1.165, 1.54) is 0 Å². The third-order valence-electron chi connectivity index (χ3n) is 3.08. The first kappa shape index (κ1) is 14.9. The fraction of sp³-hybridized carbons (Fsp3) is 1.00. The van der Waals surface area contributed by atoms with Gasteiger partial charge in [-0.25, -0.2) is 0 Å². The first-order valence-electron chi connectivity index (χ1n) is 6.48. The molecule has 2 nitrogen and oxygen atoms in total. The van der Waals surface area contributed by atoms with Gasteiger partial charge in [0.2, 0.25) is 0 Å². The lowest BCUT2D eigenvalue weighted by molar-refractivity contribution is -0.0274. The van der Waals surface area contributed by atoms with Gasteiger partial charge in [-0.05, 0) is 19.3 Å². The van der Waals surface area contributed by atoms with E-state index in [-0.39, 0.29) is 6.10 Å². The first-order valence-corrected chi connectivity index (χ1v) is 6.48. The lowest BCUT2D eigenvalue weighted by atomic mass is 9.85. The molecule has 0 bridgehead atoms. The zero-order valence-corrected chi connectivity index (χ0v) is 10.6. The van der Waals surface area contributed by atoms with E-state index in [2.05, 4.69) is 13.8 Å². The summed E-state index contributed by atoms with van der Waals surface area (Å²) in [4.78, 5) is 0. The molecule has 0 aromatic heterocycles. The fourth-order valence-electron chi connectivity index (χ4n) is 1.92. The van der Waals surface area contributed by atoms with Crippen LogP contribution < -0.4 is 0 Å². The average molecular weight is 216 g/mol. The topological polar surface area (TPSA) is 40.5 Å². The molecular weight excluding hydrogens is 188 g/mol. The number of aliphatic hydroxyl groups is 2. The van der Waals surface area contributed by atoms with Gasteiger partial charge >= 0.3 is 0 Å². The van der Waals surface area contributed by atoms with Gasteiger partial charge in [0.1, 0.15) is 0 Å². The summed E-state index contributed by atoms with van der Waals surface area (Å²) in [5.41, 5.74) is -0.624. The minimum Gasteiger partial charge on any atom is -0.393 e. The van der Waals surface area contributed by atoms with E-state index in [1.54, 1.807) is 0 Å². The summed E-state index contributed by atoms with van der Waals surface area (Å²) >= 11 is 0. The largest absolute Gasteiger partial charge is 0.393 e. The Labute approximate surface area is 94.7 Å². The molecule has 0 rings (SSSR count). The maximum absolute atomic E-state index is 10.4. The third-order valence-corrected chi connectivity index (χ3v) is 3.08. The van der Waals surface area contributed by atoms with Crippen LogP contribution in [0.2, 0.25) is 0 Å². The van der Waals surface area contributed by atoms with E-state index in [4.69, 9.17) is 0 Å². The van der Waals surface area contributed by atoms with Crippen LogP contribution in [0.5, 0.6) is 0 Å². The minimum atomic E-state index is -0.624. The average Bonchev–Trinajstić information content (AvgIpc) is 2.23. The van der Waals surface area contributed by atoms with Crippen LogP contribution in [-0.2, 0) is 0 Å². The van der Waals surface area contributed by atoms with Gasteiger partial charge in [0.15, 0.2) is 0 Å². The Morgan fingerprint density at radius 2 is 1.47 bits per heavy atom. The third kappa shape index (κ3) is 6.91. The molecular formula is C13H28O2. The van der Waals surface area contributed by atoms with Crippen LogP contribution in [0.3, 0.4) is 0 Å². The van der Waals surface area contributed by atoms with Gasteiger partial charge in [-0.3, -0.25) is 0 Å². The predicted molar refractivity (Wildman–Crippen MR) is 64.9 cm³/mol. The second kappa shape index (κ2) is 8.12. The Kier molecular flexibility index (Phi) is 8.07. The molecule has 1 unspecified atom stereocenters. The summed E-state index contributed by atoms with van der Waals surface area (Å²) in [5, 5.41) is 20.0. The van der Waals surface area contributed by atoms with Crippen molar-refractivity contribution in [3.05, 3.63) is 0 Å². The van der Waals surface area contributed by atoms with Gasteiger partial charge in [-0.15, -0.1) is 0 Å². The molecule has 0 spiro atoms. The summed E-state index contributed by atoms with van der Waals surface area (Å²) in [5.74, 6) is 0. The van der Waals surface area contributed by atoms with Gasteiger partial charge in [-0.1, -0.05) is 46.5 Å². The van der Waals surface area contributed by atoms with Gasteiger partial charge in [0.05, 0.1) is 11.7 Å². The van der Waals surface area contributed by atoms with E-state index >= 15 is 0 Å². The van der Waals surface area contributed by atoms with Crippen molar-refractivity contribution in [3.63, 3.8) is 0 Å². The fourth-order valence-corrected chi connectivity index (χ4v) is 1.92. The number of hydrogen-bond acceptors (Lipinski definition) is 2. The van der Waals surface area contributed by atoms with Crippen molar-refractivity contribution < 1.29 is 10.2 Å². The molecule has 2 heteroatoms. The molecule has 0 aliphatic rings. The highest BCUT2D eigenvalue weighted by molar-refractivity contribution is 4.81. The van der Waals surface area contributed by atoms with Crippen LogP contribution in [0.1, 0.15) is 72.1 Å². The summed E-state index contributed by atoms with van der Waals surface area (Å²) in [6.07, 6.45) is 6.93. The minimum absolute atomic E-state index is 0.344. The standard InChI is InChI=1S/C13H28O2/c1-4-7-9-13(15,10-8-5-2)11-12(14)6-3/h12,14-15H,4-11H2,1-3H3. The molecule has 2 N–H and O–H groups in total. The molecule has 0 amide bonds. The summed E-state index contributed by atoms with van der Waals surface area (Å²) in [7, 11) is 0. The van der Waals surface area contributed by atoms with Crippen LogP contribution in [-0.4, -0.2) is 21.9 Å². The predicted octanol–water partition coefficient (Wildman–Crippen LogP) is 3.26. The molecule has 0 fully saturated rings. The van der Waals surface area contributed by atoms with Crippen molar-refractivity contribution in [2.45, 2.75) is 83.8 Å². The van der Waals surface area contributed by atoms with E-state index in [0.29, 0.717) is 6.42 Å². The van der Waals surface area contributed by atoms with Crippen molar-refractivity contribution in [3.8, 4) is 0 Å². The number of unbranched alkanes of at least 4 members (excludes halogenated alkanes) is 2. The molecule has 0 radical (unpaired) electrons. The van der Waals surface area contributed by atoms with Gasteiger partial charge in [0, 0.05) is 6.42 Å². The number of hydrogen-bond donors (Lipinski definition) is 2. The lowest BCUT2D eigenvalue weighted by Crippen LogP contribution is -2.33. The normalized spacial score (nSPS) is 14.2. The highest BCUT2D eigenvalue weighted by atomic mass is 16.3. The molecule has 0 aliphatic heterocycles. The van der Waals surface area contributed by atoms with E-state index < -0.39 is 5.60 Å². The molecule has 15 heavy (non-hydrogen) atoms. The Morgan fingerprint density at radius 1 is 1.00 bits per heavy atom. The molecule has 0 aromatic rings. The molecule has 92 valence electrons. The van der Waals surface area contributed by atoms with E-state index in [1.807, 2.05) is 6.92 Å². The van der Waals surface area contributed by atoms with Crippen molar-refractivity contribution in [2.24, 2.45) is 0 Å². The van der Waals surface area contributed by atoms with Crippen molar-refractivity contribution in [2.75, 3.05) is 0 Å². The maximum Gasteiger partial charge on any atom is 0.0672 e. The molecule has 0 aliphatic carbocycles. The van der Waals surface area contributed by atoms with Crippen LogP contribution in [0.4, 0.5) is 0 Å². The highest BCUT2D eigenvalue weighted by Gasteiger charge is 2.27. The Morgan fingerprint density at radius 3 is 1.80 bits per heavy atom. The van der Waals surface area contributed by atoms with Crippen LogP contribution in [0, 0.1) is 0 Å². The highest BCUT2D eigenvalue weighted by Crippen LogP contribution is 2.27. The van der Waals surface area contributed by atoms with Crippen molar-refractivity contribution >= 4 is 0 Å². The molecule has 1 atom stereocenters. The SMILES string of the molecule is CCCCC(O)(CCCC)CC(O)CC. The maximum atomic E-state index is 10.4. The summed E-state index contributed by atoms with van der Waals surface area (Å²) in [6, 6.07) is 0. The van der Waals surface area contributed by atoms with E-state index in [9.17, 15) is 10.2 Å². The Hall–Kier alpha value is -0.0800.